The molecule has 0 aromatic carbocycles. The molecule has 0 aliphatic carbocycles. The second kappa shape index (κ2) is 4.52. The minimum atomic E-state index is -1.81. The summed E-state index contributed by atoms with van der Waals surface area (Å²) in [6.45, 7) is 5.95. The number of rotatable bonds is 3. The van der Waals surface area contributed by atoms with E-state index in [2.05, 4.69) is 0 Å². The fourth-order valence-corrected chi connectivity index (χ4v) is 0.713. The van der Waals surface area contributed by atoms with Gasteiger partial charge < -0.3 is 14.9 Å². The number of hydrogen-bond acceptors (Lipinski definition) is 5. The number of hydrogen-bond donors (Lipinski definition) is 2. The van der Waals surface area contributed by atoms with Crippen LogP contribution in [-0.2, 0) is 14.3 Å². The molecule has 0 rings (SSSR count). The number of ether oxygens (including phenoxy) is 1. The lowest BCUT2D eigenvalue weighted by Crippen LogP contribution is -2.42. The maximum Gasteiger partial charge on any atom is 0.338 e. The van der Waals surface area contributed by atoms with Gasteiger partial charge >= 0.3 is 5.97 Å². The molecule has 0 bridgehead atoms. The summed E-state index contributed by atoms with van der Waals surface area (Å²) in [6, 6.07) is 0. The molecule has 0 aromatic heterocycles. The molecule has 0 saturated heterocycles. The Balaban J connectivity index is 4.33. The van der Waals surface area contributed by atoms with E-state index in [4.69, 9.17) is 9.84 Å². The Morgan fingerprint density at radius 3 is 1.86 bits per heavy atom. The number of esters is 1. The first-order chi connectivity index (χ1) is 6.15. The Morgan fingerprint density at radius 1 is 1.14 bits per heavy atom. The van der Waals surface area contributed by atoms with E-state index in [1.807, 2.05) is 0 Å². The van der Waals surface area contributed by atoms with E-state index in [9.17, 15) is 14.7 Å². The zero-order valence-electron chi connectivity index (χ0n) is 8.77. The first-order valence-electron chi connectivity index (χ1n) is 4.24. The van der Waals surface area contributed by atoms with Gasteiger partial charge in [0.15, 0.2) is 11.9 Å². The molecule has 5 heteroatoms. The van der Waals surface area contributed by atoms with Crippen LogP contribution in [0.25, 0.3) is 0 Å². The van der Waals surface area contributed by atoms with E-state index >= 15 is 0 Å². The van der Waals surface area contributed by atoms with Crippen LogP contribution >= 0.6 is 0 Å². The Morgan fingerprint density at radius 2 is 1.57 bits per heavy atom. The molecule has 5 nitrogen and oxygen atoms in total. The van der Waals surface area contributed by atoms with Crippen LogP contribution in [0.2, 0.25) is 0 Å². The van der Waals surface area contributed by atoms with Crippen LogP contribution in [0, 0.1) is 0 Å². The summed E-state index contributed by atoms with van der Waals surface area (Å²) in [5, 5.41) is 18.2. The molecule has 0 saturated carbocycles. The molecule has 2 N–H and O–H groups in total. The van der Waals surface area contributed by atoms with Gasteiger partial charge in [-0.15, -0.1) is 0 Å². The van der Waals surface area contributed by atoms with E-state index in [1.54, 1.807) is 20.8 Å². The molecular formula is C9H16O5. The minimum Gasteiger partial charge on any atom is -0.458 e. The van der Waals surface area contributed by atoms with E-state index in [0.717, 1.165) is 6.92 Å². The fraction of sp³-hybridized carbons (Fsp3) is 0.778. The Hall–Kier alpha value is -0.940. The van der Waals surface area contributed by atoms with Crippen molar-refractivity contribution >= 4 is 11.8 Å². The Kier molecular flexibility index (Phi) is 4.22. The second-order valence-electron chi connectivity index (χ2n) is 4.03. The summed E-state index contributed by atoms with van der Waals surface area (Å²) in [5.74, 6) is -1.68. The summed E-state index contributed by atoms with van der Waals surface area (Å²) in [4.78, 5) is 21.8. The molecule has 0 heterocycles. The quantitative estimate of drug-likeness (QED) is 0.613. The lowest BCUT2D eigenvalue weighted by Gasteiger charge is -2.22. The van der Waals surface area contributed by atoms with Gasteiger partial charge in [0.1, 0.15) is 11.7 Å². The predicted octanol–water partition coefficient (Wildman–Crippen LogP) is -0.361. The molecule has 82 valence electrons. The fourth-order valence-electron chi connectivity index (χ4n) is 0.713. The summed E-state index contributed by atoms with van der Waals surface area (Å²) in [6.07, 6.45) is -3.53. The standard InChI is InChI=1S/C9H16O5/c1-5(10)6(11)7(12)8(13)14-9(2,3)4/h6-7,11-12H,1-4H3. The van der Waals surface area contributed by atoms with Gasteiger partial charge in [-0.1, -0.05) is 0 Å². The van der Waals surface area contributed by atoms with E-state index in [-0.39, 0.29) is 0 Å². The van der Waals surface area contributed by atoms with Gasteiger partial charge in [-0.2, -0.15) is 0 Å². The molecule has 0 aromatic rings. The van der Waals surface area contributed by atoms with Crippen molar-refractivity contribution in [2.24, 2.45) is 0 Å². The molecule has 0 aliphatic heterocycles. The van der Waals surface area contributed by atoms with Crippen molar-refractivity contribution in [1.82, 2.24) is 0 Å². The van der Waals surface area contributed by atoms with Crippen molar-refractivity contribution in [3.05, 3.63) is 0 Å². The van der Waals surface area contributed by atoms with Gasteiger partial charge in [0.05, 0.1) is 0 Å². The average Bonchev–Trinajstić information content (AvgIpc) is 1.98. The van der Waals surface area contributed by atoms with Crippen molar-refractivity contribution in [1.29, 1.82) is 0 Å². The molecule has 2 unspecified atom stereocenters. The SMILES string of the molecule is CC(=O)C(O)C(O)C(=O)OC(C)(C)C. The number of Topliss-reactive ketones (excluding diaryl/α,β-unsaturated/α-hetero) is 1. The van der Waals surface area contributed by atoms with Crippen LogP contribution in [0.1, 0.15) is 27.7 Å². The molecule has 14 heavy (non-hydrogen) atoms. The highest BCUT2D eigenvalue weighted by atomic mass is 16.6. The zero-order chi connectivity index (χ0) is 11.5. The van der Waals surface area contributed by atoms with Gasteiger partial charge in [0, 0.05) is 0 Å². The van der Waals surface area contributed by atoms with Crippen LogP contribution in [-0.4, -0.2) is 39.8 Å². The lowest BCUT2D eigenvalue weighted by molar-refractivity contribution is -0.172. The van der Waals surface area contributed by atoms with Crippen molar-refractivity contribution in [3.63, 3.8) is 0 Å². The highest BCUT2D eigenvalue weighted by molar-refractivity contribution is 5.88. The van der Waals surface area contributed by atoms with Gasteiger partial charge in [0.25, 0.3) is 0 Å². The van der Waals surface area contributed by atoms with Crippen LogP contribution in [0.5, 0.6) is 0 Å². The predicted molar refractivity (Wildman–Crippen MR) is 48.5 cm³/mol. The maximum atomic E-state index is 11.1. The van der Waals surface area contributed by atoms with Crippen molar-refractivity contribution < 1.29 is 24.5 Å². The first kappa shape index (κ1) is 13.1. The van der Waals surface area contributed by atoms with Crippen LogP contribution < -0.4 is 0 Å². The topological polar surface area (TPSA) is 83.8 Å². The molecule has 0 fully saturated rings. The van der Waals surface area contributed by atoms with E-state index in [1.165, 1.54) is 0 Å². The third-order valence-corrected chi connectivity index (χ3v) is 1.36. The number of carbonyl (C=O) groups excluding carboxylic acids is 2. The smallest absolute Gasteiger partial charge is 0.338 e. The Labute approximate surface area is 82.7 Å². The highest BCUT2D eigenvalue weighted by Crippen LogP contribution is 2.10. The van der Waals surface area contributed by atoms with E-state index < -0.39 is 29.6 Å². The Bertz CT molecular complexity index is 228. The summed E-state index contributed by atoms with van der Waals surface area (Å²) >= 11 is 0. The molecule has 2 atom stereocenters. The number of aliphatic hydroxyl groups is 2. The van der Waals surface area contributed by atoms with Gasteiger partial charge in [0.2, 0.25) is 0 Å². The minimum absolute atomic E-state index is 0.677. The van der Waals surface area contributed by atoms with Crippen LogP contribution in [0.15, 0.2) is 0 Å². The third kappa shape index (κ3) is 4.34. The molecule has 0 spiro atoms. The summed E-state index contributed by atoms with van der Waals surface area (Å²) in [7, 11) is 0. The molecule has 0 aliphatic rings. The normalized spacial score (nSPS) is 15.9. The van der Waals surface area contributed by atoms with E-state index in [0.29, 0.717) is 0 Å². The molecular weight excluding hydrogens is 188 g/mol. The third-order valence-electron chi connectivity index (χ3n) is 1.36. The largest absolute Gasteiger partial charge is 0.458 e. The summed E-state index contributed by atoms with van der Waals surface area (Å²) in [5.41, 5.74) is -0.755. The first-order valence-corrected chi connectivity index (χ1v) is 4.24. The highest BCUT2D eigenvalue weighted by Gasteiger charge is 2.31. The van der Waals surface area contributed by atoms with Crippen LogP contribution in [0.3, 0.4) is 0 Å². The van der Waals surface area contributed by atoms with Gasteiger partial charge in [-0.3, -0.25) is 4.79 Å². The molecule has 0 amide bonds. The van der Waals surface area contributed by atoms with Gasteiger partial charge in [-0.05, 0) is 27.7 Å². The van der Waals surface area contributed by atoms with Crippen molar-refractivity contribution in [2.75, 3.05) is 0 Å². The van der Waals surface area contributed by atoms with Crippen molar-refractivity contribution in [2.45, 2.75) is 45.5 Å². The number of ketones is 1. The van der Waals surface area contributed by atoms with Crippen LogP contribution in [0.4, 0.5) is 0 Å². The summed E-state index contributed by atoms with van der Waals surface area (Å²) < 4.78 is 4.77. The number of aliphatic hydroxyl groups excluding tert-OH is 2. The lowest BCUT2D eigenvalue weighted by atomic mass is 10.1. The zero-order valence-corrected chi connectivity index (χ0v) is 8.77. The second-order valence-corrected chi connectivity index (χ2v) is 4.03. The average molecular weight is 204 g/mol. The van der Waals surface area contributed by atoms with Crippen molar-refractivity contribution in [3.8, 4) is 0 Å². The molecule has 0 radical (unpaired) electrons. The maximum absolute atomic E-state index is 11.1. The number of carbonyl (C=O) groups is 2. The van der Waals surface area contributed by atoms with Gasteiger partial charge in [-0.25, -0.2) is 4.79 Å². The monoisotopic (exact) mass is 204 g/mol.